The fourth-order valence-electron chi connectivity index (χ4n) is 2.30. The van der Waals surface area contributed by atoms with Crippen LogP contribution in [0.4, 0.5) is 0 Å². The average molecular weight is 317 g/mol. The molecule has 1 aromatic carbocycles. The zero-order valence-electron chi connectivity index (χ0n) is 9.46. The molecule has 2 atom stereocenters. The van der Waals surface area contributed by atoms with Crippen molar-refractivity contribution in [3.05, 3.63) is 34.9 Å². The lowest BCUT2D eigenvalue weighted by molar-refractivity contribution is 0.0930. The van der Waals surface area contributed by atoms with E-state index < -0.39 is 0 Å². The second kappa shape index (κ2) is 5.87. The largest absolute Gasteiger partial charge is 0.349 e. The molecule has 92 valence electrons. The molecule has 17 heavy (non-hydrogen) atoms. The molecule has 2 unspecified atom stereocenters. The fourth-order valence-corrected chi connectivity index (χ4v) is 3.30. The molecule has 0 aliphatic heterocycles. The van der Waals surface area contributed by atoms with Gasteiger partial charge in [-0.3, -0.25) is 4.79 Å². The SMILES string of the molecule is O=C(NC1CCCC1CBr)c1ccccc1Cl. The third-order valence-electron chi connectivity index (χ3n) is 3.29. The number of rotatable bonds is 3. The van der Waals surface area contributed by atoms with E-state index in [0.29, 0.717) is 16.5 Å². The Morgan fingerprint density at radius 1 is 1.41 bits per heavy atom. The van der Waals surface area contributed by atoms with Crippen molar-refractivity contribution in [2.24, 2.45) is 5.92 Å². The van der Waals surface area contributed by atoms with Crippen molar-refractivity contribution in [3.63, 3.8) is 0 Å². The van der Waals surface area contributed by atoms with Gasteiger partial charge in [0.25, 0.3) is 5.91 Å². The van der Waals surface area contributed by atoms with Crippen LogP contribution in [0, 0.1) is 5.92 Å². The highest BCUT2D eigenvalue weighted by atomic mass is 79.9. The Morgan fingerprint density at radius 3 is 2.88 bits per heavy atom. The van der Waals surface area contributed by atoms with Gasteiger partial charge in [0.1, 0.15) is 0 Å². The quantitative estimate of drug-likeness (QED) is 0.848. The molecule has 0 bridgehead atoms. The van der Waals surface area contributed by atoms with Crippen LogP contribution in [-0.4, -0.2) is 17.3 Å². The molecule has 0 spiro atoms. The predicted molar refractivity (Wildman–Crippen MR) is 73.8 cm³/mol. The first-order chi connectivity index (χ1) is 8.22. The molecular formula is C13H15BrClNO. The Kier molecular flexibility index (Phi) is 4.46. The monoisotopic (exact) mass is 315 g/mol. The van der Waals surface area contributed by atoms with Crippen molar-refractivity contribution in [1.82, 2.24) is 5.32 Å². The first kappa shape index (κ1) is 12.9. The summed E-state index contributed by atoms with van der Waals surface area (Å²) >= 11 is 9.50. The lowest BCUT2D eigenvalue weighted by Gasteiger charge is -2.19. The summed E-state index contributed by atoms with van der Waals surface area (Å²) in [6, 6.07) is 7.44. The minimum atomic E-state index is -0.0616. The number of hydrogen-bond donors (Lipinski definition) is 1. The second-order valence-corrected chi connectivity index (χ2v) is 5.46. The molecule has 2 rings (SSSR count). The van der Waals surface area contributed by atoms with Crippen molar-refractivity contribution < 1.29 is 4.79 Å². The van der Waals surface area contributed by atoms with Gasteiger partial charge in [-0.05, 0) is 30.9 Å². The van der Waals surface area contributed by atoms with Crippen LogP contribution >= 0.6 is 27.5 Å². The van der Waals surface area contributed by atoms with Gasteiger partial charge in [-0.1, -0.05) is 46.1 Å². The van der Waals surface area contributed by atoms with Gasteiger partial charge in [0.05, 0.1) is 10.6 Å². The molecule has 1 aliphatic rings. The summed E-state index contributed by atoms with van der Waals surface area (Å²) in [6.07, 6.45) is 3.43. The smallest absolute Gasteiger partial charge is 0.253 e. The van der Waals surface area contributed by atoms with Gasteiger partial charge >= 0.3 is 0 Å². The van der Waals surface area contributed by atoms with Gasteiger partial charge in [0.15, 0.2) is 0 Å². The lowest BCUT2D eigenvalue weighted by Crippen LogP contribution is -2.38. The van der Waals surface area contributed by atoms with Crippen LogP contribution in [0.25, 0.3) is 0 Å². The van der Waals surface area contributed by atoms with E-state index in [-0.39, 0.29) is 11.9 Å². The van der Waals surface area contributed by atoms with Crippen LogP contribution in [0.1, 0.15) is 29.6 Å². The minimum Gasteiger partial charge on any atom is -0.349 e. The first-order valence-corrected chi connectivity index (χ1v) is 7.33. The first-order valence-electron chi connectivity index (χ1n) is 5.83. The zero-order chi connectivity index (χ0) is 12.3. The van der Waals surface area contributed by atoms with Crippen molar-refractivity contribution in [3.8, 4) is 0 Å². The summed E-state index contributed by atoms with van der Waals surface area (Å²) < 4.78 is 0. The van der Waals surface area contributed by atoms with E-state index in [1.807, 2.05) is 12.1 Å². The number of nitrogens with one attached hydrogen (secondary N) is 1. The molecule has 1 fully saturated rings. The van der Waals surface area contributed by atoms with Crippen LogP contribution in [0.3, 0.4) is 0 Å². The molecule has 1 aromatic rings. The summed E-state index contributed by atoms with van der Waals surface area (Å²) in [5.74, 6) is 0.481. The van der Waals surface area contributed by atoms with E-state index in [1.165, 1.54) is 12.8 Å². The standard InChI is InChI=1S/C13H15BrClNO/c14-8-9-4-3-7-12(9)16-13(17)10-5-1-2-6-11(10)15/h1-2,5-6,9,12H,3-4,7-8H2,(H,16,17). The molecule has 1 amide bonds. The zero-order valence-corrected chi connectivity index (χ0v) is 11.8. The lowest BCUT2D eigenvalue weighted by atomic mass is 10.1. The minimum absolute atomic E-state index is 0.0616. The van der Waals surface area contributed by atoms with Gasteiger partial charge in [-0.25, -0.2) is 0 Å². The summed E-state index contributed by atoms with van der Waals surface area (Å²) in [4.78, 5) is 12.1. The number of hydrogen-bond acceptors (Lipinski definition) is 1. The van der Waals surface area contributed by atoms with E-state index in [1.54, 1.807) is 12.1 Å². The normalized spacial score (nSPS) is 23.6. The highest BCUT2D eigenvalue weighted by Crippen LogP contribution is 2.27. The van der Waals surface area contributed by atoms with E-state index in [4.69, 9.17) is 11.6 Å². The Labute approximate surface area is 115 Å². The van der Waals surface area contributed by atoms with Gasteiger partial charge in [0.2, 0.25) is 0 Å². The van der Waals surface area contributed by atoms with E-state index in [9.17, 15) is 4.79 Å². The summed E-state index contributed by atoms with van der Waals surface area (Å²) in [5.41, 5.74) is 0.564. The van der Waals surface area contributed by atoms with Gasteiger partial charge in [0, 0.05) is 11.4 Å². The highest BCUT2D eigenvalue weighted by Gasteiger charge is 2.28. The second-order valence-electron chi connectivity index (χ2n) is 4.41. The molecule has 0 aromatic heterocycles. The van der Waals surface area contributed by atoms with Crippen LogP contribution < -0.4 is 5.32 Å². The molecule has 2 nitrogen and oxygen atoms in total. The average Bonchev–Trinajstić information content (AvgIpc) is 2.76. The molecule has 0 saturated heterocycles. The third kappa shape index (κ3) is 3.02. The molecule has 1 N–H and O–H groups in total. The summed E-state index contributed by atoms with van der Waals surface area (Å²) in [7, 11) is 0. The van der Waals surface area contributed by atoms with Crippen LogP contribution in [0.2, 0.25) is 5.02 Å². The van der Waals surface area contributed by atoms with Crippen molar-refractivity contribution in [1.29, 1.82) is 0 Å². The van der Waals surface area contributed by atoms with Crippen molar-refractivity contribution in [2.45, 2.75) is 25.3 Å². The van der Waals surface area contributed by atoms with E-state index >= 15 is 0 Å². The molecular weight excluding hydrogens is 302 g/mol. The summed E-state index contributed by atoms with van der Waals surface area (Å²) in [5, 5.41) is 4.54. The maximum Gasteiger partial charge on any atom is 0.253 e. The number of benzene rings is 1. The highest BCUT2D eigenvalue weighted by molar-refractivity contribution is 9.09. The number of halogens is 2. The number of carbonyl (C=O) groups is 1. The summed E-state index contributed by atoms with van der Waals surface area (Å²) in [6.45, 7) is 0. The van der Waals surface area contributed by atoms with Gasteiger partial charge < -0.3 is 5.32 Å². The molecule has 0 heterocycles. The van der Waals surface area contributed by atoms with Crippen LogP contribution in [0.5, 0.6) is 0 Å². The van der Waals surface area contributed by atoms with E-state index in [2.05, 4.69) is 21.2 Å². The Morgan fingerprint density at radius 2 is 2.18 bits per heavy atom. The molecule has 1 saturated carbocycles. The Balaban J connectivity index is 2.04. The number of alkyl halides is 1. The molecule has 4 heteroatoms. The number of amides is 1. The van der Waals surface area contributed by atoms with Crippen LogP contribution in [0.15, 0.2) is 24.3 Å². The van der Waals surface area contributed by atoms with Crippen LogP contribution in [-0.2, 0) is 0 Å². The fraction of sp³-hybridized carbons (Fsp3) is 0.462. The Bertz CT molecular complexity index is 410. The Hall–Kier alpha value is -0.540. The molecule has 0 radical (unpaired) electrons. The topological polar surface area (TPSA) is 29.1 Å². The predicted octanol–water partition coefficient (Wildman–Crippen LogP) is 3.63. The maximum atomic E-state index is 12.1. The third-order valence-corrected chi connectivity index (χ3v) is 4.45. The van der Waals surface area contributed by atoms with Gasteiger partial charge in [-0.15, -0.1) is 0 Å². The van der Waals surface area contributed by atoms with Gasteiger partial charge in [-0.2, -0.15) is 0 Å². The van der Waals surface area contributed by atoms with Crippen molar-refractivity contribution >= 4 is 33.4 Å². The van der Waals surface area contributed by atoms with E-state index in [0.717, 1.165) is 11.8 Å². The molecule has 1 aliphatic carbocycles. The number of carbonyl (C=O) groups excluding carboxylic acids is 1. The van der Waals surface area contributed by atoms with Crippen molar-refractivity contribution in [2.75, 3.05) is 5.33 Å². The maximum absolute atomic E-state index is 12.1.